The SMILES string of the molecule is CCc1nc(C(C)NC(=O)NC2CCCN(c3cc(C)ccc3F)C2)cs1. The number of aromatic nitrogens is 1. The molecule has 0 radical (unpaired) electrons. The number of nitrogens with one attached hydrogen (secondary N) is 2. The molecule has 0 saturated carbocycles. The number of thiazole rings is 1. The van der Waals surface area contributed by atoms with E-state index in [0.717, 1.165) is 42.1 Å². The third-order valence-corrected chi connectivity index (χ3v) is 5.87. The van der Waals surface area contributed by atoms with Crippen molar-refractivity contribution in [3.05, 3.63) is 45.7 Å². The molecule has 3 rings (SSSR count). The third-order valence-electron chi connectivity index (χ3n) is 4.86. The Morgan fingerprint density at radius 1 is 1.48 bits per heavy atom. The molecule has 2 aromatic rings. The predicted octanol–water partition coefficient (Wildman–Crippen LogP) is 4.18. The average molecular weight is 391 g/mol. The number of urea groups is 1. The first-order valence-electron chi connectivity index (χ1n) is 9.48. The molecule has 1 aromatic heterocycles. The lowest BCUT2D eigenvalue weighted by molar-refractivity contribution is 0.232. The van der Waals surface area contributed by atoms with E-state index in [1.165, 1.54) is 6.07 Å². The van der Waals surface area contributed by atoms with Gasteiger partial charge < -0.3 is 15.5 Å². The van der Waals surface area contributed by atoms with Gasteiger partial charge in [0.15, 0.2) is 0 Å². The van der Waals surface area contributed by atoms with Gasteiger partial charge in [-0.3, -0.25) is 0 Å². The minimum Gasteiger partial charge on any atom is -0.367 e. The Balaban J connectivity index is 1.56. The van der Waals surface area contributed by atoms with E-state index >= 15 is 0 Å². The molecule has 27 heavy (non-hydrogen) atoms. The molecule has 1 aliphatic heterocycles. The van der Waals surface area contributed by atoms with Crippen molar-refractivity contribution in [2.75, 3.05) is 18.0 Å². The van der Waals surface area contributed by atoms with Gasteiger partial charge in [0, 0.05) is 24.5 Å². The Morgan fingerprint density at radius 2 is 2.30 bits per heavy atom. The van der Waals surface area contributed by atoms with Crippen LogP contribution in [0, 0.1) is 12.7 Å². The van der Waals surface area contributed by atoms with E-state index in [2.05, 4.69) is 22.5 Å². The summed E-state index contributed by atoms with van der Waals surface area (Å²) in [6.07, 6.45) is 2.71. The Morgan fingerprint density at radius 3 is 3.04 bits per heavy atom. The molecule has 1 saturated heterocycles. The molecule has 2 amide bonds. The summed E-state index contributed by atoms with van der Waals surface area (Å²) in [6.45, 7) is 7.37. The van der Waals surface area contributed by atoms with Crippen molar-refractivity contribution in [2.24, 2.45) is 0 Å². The van der Waals surface area contributed by atoms with Gasteiger partial charge >= 0.3 is 6.03 Å². The van der Waals surface area contributed by atoms with E-state index in [1.54, 1.807) is 17.4 Å². The molecule has 2 heterocycles. The molecule has 0 spiro atoms. The highest BCUT2D eigenvalue weighted by Crippen LogP contribution is 2.24. The summed E-state index contributed by atoms with van der Waals surface area (Å²) in [5, 5.41) is 9.06. The molecule has 5 nitrogen and oxygen atoms in total. The van der Waals surface area contributed by atoms with Crippen LogP contribution in [0.4, 0.5) is 14.9 Å². The maximum atomic E-state index is 14.2. The van der Waals surface area contributed by atoms with Crippen LogP contribution in [0.1, 0.15) is 49.0 Å². The van der Waals surface area contributed by atoms with Gasteiger partial charge in [-0.05, 0) is 50.8 Å². The van der Waals surface area contributed by atoms with Gasteiger partial charge in [-0.15, -0.1) is 11.3 Å². The van der Waals surface area contributed by atoms with Crippen LogP contribution in [-0.4, -0.2) is 30.1 Å². The van der Waals surface area contributed by atoms with E-state index in [-0.39, 0.29) is 23.9 Å². The number of aryl methyl sites for hydroxylation is 2. The number of piperidine rings is 1. The summed E-state index contributed by atoms with van der Waals surface area (Å²) in [5.74, 6) is -0.213. The maximum absolute atomic E-state index is 14.2. The van der Waals surface area contributed by atoms with Gasteiger partial charge in [0.25, 0.3) is 0 Å². The molecule has 7 heteroatoms. The first kappa shape index (κ1) is 19.6. The maximum Gasteiger partial charge on any atom is 0.315 e. The Hall–Kier alpha value is -2.15. The molecule has 0 bridgehead atoms. The fourth-order valence-corrected chi connectivity index (χ4v) is 4.20. The van der Waals surface area contributed by atoms with Crippen LogP contribution in [0.15, 0.2) is 23.6 Å². The number of anilines is 1. The zero-order valence-corrected chi connectivity index (χ0v) is 16.9. The molecular weight excluding hydrogens is 363 g/mol. The highest BCUT2D eigenvalue weighted by atomic mass is 32.1. The van der Waals surface area contributed by atoms with Crippen LogP contribution in [0.25, 0.3) is 0 Å². The highest BCUT2D eigenvalue weighted by molar-refractivity contribution is 7.09. The number of benzene rings is 1. The first-order valence-corrected chi connectivity index (χ1v) is 10.4. The summed E-state index contributed by atoms with van der Waals surface area (Å²) >= 11 is 1.62. The normalized spacial score (nSPS) is 18.2. The number of amides is 2. The van der Waals surface area contributed by atoms with Crippen LogP contribution < -0.4 is 15.5 Å². The van der Waals surface area contributed by atoms with Crippen molar-refractivity contribution >= 4 is 23.1 Å². The first-order chi connectivity index (χ1) is 13.0. The number of carbonyl (C=O) groups excluding carboxylic acids is 1. The van der Waals surface area contributed by atoms with Crippen LogP contribution in [-0.2, 0) is 6.42 Å². The van der Waals surface area contributed by atoms with Crippen molar-refractivity contribution in [3.63, 3.8) is 0 Å². The fraction of sp³-hybridized carbons (Fsp3) is 0.500. The van der Waals surface area contributed by atoms with Crippen LogP contribution in [0.3, 0.4) is 0 Å². The number of halogens is 1. The van der Waals surface area contributed by atoms with Gasteiger partial charge in [0.05, 0.1) is 22.4 Å². The molecule has 1 aromatic carbocycles. The van der Waals surface area contributed by atoms with E-state index < -0.39 is 0 Å². The van der Waals surface area contributed by atoms with Gasteiger partial charge in [-0.1, -0.05) is 13.0 Å². The fourth-order valence-electron chi connectivity index (χ4n) is 3.36. The number of hydrogen-bond donors (Lipinski definition) is 2. The smallest absolute Gasteiger partial charge is 0.315 e. The van der Waals surface area contributed by atoms with Crippen LogP contribution in [0.5, 0.6) is 0 Å². The topological polar surface area (TPSA) is 57.3 Å². The Kier molecular flexibility index (Phi) is 6.31. The van der Waals surface area contributed by atoms with Crippen molar-refractivity contribution < 1.29 is 9.18 Å². The van der Waals surface area contributed by atoms with Crippen molar-refractivity contribution in [1.29, 1.82) is 0 Å². The van der Waals surface area contributed by atoms with E-state index in [4.69, 9.17) is 0 Å². The Bertz CT molecular complexity index is 794. The summed E-state index contributed by atoms with van der Waals surface area (Å²) in [7, 11) is 0. The number of rotatable bonds is 5. The van der Waals surface area contributed by atoms with Gasteiger partial charge in [-0.25, -0.2) is 14.2 Å². The van der Waals surface area contributed by atoms with E-state index in [1.807, 2.05) is 30.2 Å². The summed E-state index contributed by atoms with van der Waals surface area (Å²) in [6, 6.07) is 4.80. The highest BCUT2D eigenvalue weighted by Gasteiger charge is 2.24. The predicted molar refractivity (Wildman–Crippen MR) is 108 cm³/mol. The Labute approximate surface area is 164 Å². The molecular formula is C20H27FN4OS. The zero-order chi connectivity index (χ0) is 19.4. The van der Waals surface area contributed by atoms with Gasteiger partial charge in [-0.2, -0.15) is 0 Å². The second kappa shape index (κ2) is 8.69. The van der Waals surface area contributed by atoms with Crippen molar-refractivity contribution in [3.8, 4) is 0 Å². The lowest BCUT2D eigenvalue weighted by Crippen LogP contribution is -2.51. The van der Waals surface area contributed by atoms with Gasteiger partial charge in [0.1, 0.15) is 5.82 Å². The van der Waals surface area contributed by atoms with Crippen LogP contribution in [0.2, 0.25) is 0 Å². The summed E-state index contributed by atoms with van der Waals surface area (Å²) < 4.78 is 14.2. The third kappa shape index (κ3) is 4.97. The second-order valence-electron chi connectivity index (χ2n) is 7.10. The number of hydrogen-bond acceptors (Lipinski definition) is 4. The molecule has 0 aliphatic carbocycles. The summed E-state index contributed by atoms with van der Waals surface area (Å²) in [4.78, 5) is 18.9. The summed E-state index contributed by atoms with van der Waals surface area (Å²) in [5.41, 5.74) is 2.53. The zero-order valence-electron chi connectivity index (χ0n) is 16.1. The minimum atomic E-state index is -0.213. The van der Waals surface area contributed by atoms with Gasteiger partial charge in [0.2, 0.25) is 0 Å². The molecule has 2 N–H and O–H groups in total. The lowest BCUT2D eigenvalue weighted by Gasteiger charge is -2.35. The quantitative estimate of drug-likeness (QED) is 0.805. The standard InChI is InChI=1S/C20H27FN4OS/c1-4-19-24-17(12-27-19)14(3)22-20(26)23-15-6-5-9-25(11-15)18-10-13(2)7-8-16(18)21/h7-8,10,12,14-15H,4-6,9,11H2,1-3H3,(H2,22,23,26). The number of nitrogens with zero attached hydrogens (tertiary/aromatic N) is 2. The van der Waals surface area contributed by atoms with Crippen molar-refractivity contribution in [1.82, 2.24) is 15.6 Å². The number of carbonyl (C=O) groups is 1. The average Bonchev–Trinajstić information content (AvgIpc) is 3.13. The van der Waals surface area contributed by atoms with Crippen LogP contribution >= 0.6 is 11.3 Å². The largest absolute Gasteiger partial charge is 0.367 e. The van der Waals surface area contributed by atoms with E-state index in [0.29, 0.717) is 12.2 Å². The van der Waals surface area contributed by atoms with E-state index in [9.17, 15) is 9.18 Å². The lowest BCUT2D eigenvalue weighted by atomic mass is 10.0. The molecule has 1 aliphatic rings. The molecule has 1 fully saturated rings. The molecule has 146 valence electrons. The second-order valence-corrected chi connectivity index (χ2v) is 8.04. The molecule has 2 atom stereocenters. The monoisotopic (exact) mass is 390 g/mol. The van der Waals surface area contributed by atoms with Crippen molar-refractivity contribution in [2.45, 2.75) is 52.1 Å². The minimum absolute atomic E-state index is 0.00695. The molecule has 2 unspecified atom stereocenters.